The number of rotatable bonds is 3. The average molecular weight is 257 g/mol. The van der Waals surface area contributed by atoms with Crippen molar-refractivity contribution < 1.29 is 19.1 Å². The maximum atomic E-state index is 11.8. The second kappa shape index (κ2) is 6.07. The van der Waals surface area contributed by atoms with E-state index in [0.29, 0.717) is 26.1 Å². The fourth-order valence-corrected chi connectivity index (χ4v) is 1.95. The molecule has 1 amide bonds. The zero-order chi connectivity index (χ0) is 13.8. The first-order chi connectivity index (χ1) is 8.31. The molecule has 0 aromatic carbocycles. The third-order valence-corrected chi connectivity index (χ3v) is 2.70. The lowest BCUT2D eigenvalue weighted by Crippen LogP contribution is -2.35. The average Bonchev–Trinajstić information content (AvgIpc) is 2.63. The van der Waals surface area contributed by atoms with E-state index in [1.54, 1.807) is 11.8 Å². The minimum Gasteiger partial charge on any atom is -0.466 e. The van der Waals surface area contributed by atoms with Crippen molar-refractivity contribution in [2.24, 2.45) is 5.92 Å². The molecule has 1 heterocycles. The second-order valence-corrected chi connectivity index (χ2v) is 5.59. The molecular formula is C13H23NO4. The molecule has 5 heteroatoms. The lowest BCUT2D eigenvalue weighted by molar-refractivity contribution is -0.144. The predicted molar refractivity (Wildman–Crippen MR) is 67.2 cm³/mol. The van der Waals surface area contributed by atoms with Gasteiger partial charge >= 0.3 is 12.1 Å². The Morgan fingerprint density at radius 3 is 2.56 bits per heavy atom. The van der Waals surface area contributed by atoms with E-state index in [0.717, 1.165) is 6.42 Å². The van der Waals surface area contributed by atoms with Gasteiger partial charge in [0.2, 0.25) is 0 Å². The Morgan fingerprint density at radius 2 is 2.00 bits per heavy atom. The van der Waals surface area contributed by atoms with Gasteiger partial charge in [0.1, 0.15) is 5.60 Å². The maximum Gasteiger partial charge on any atom is 0.410 e. The number of ether oxygens (including phenoxy) is 2. The molecule has 0 aliphatic carbocycles. The third-order valence-electron chi connectivity index (χ3n) is 2.70. The van der Waals surface area contributed by atoms with Crippen molar-refractivity contribution in [1.29, 1.82) is 0 Å². The summed E-state index contributed by atoms with van der Waals surface area (Å²) in [5.74, 6) is 0.00473. The van der Waals surface area contributed by atoms with Gasteiger partial charge in [-0.25, -0.2) is 4.79 Å². The van der Waals surface area contributed by atoms with E-state index in [4.69, 9.17) is 9.47 Å². The van der Waals surface area contributed by atoms with E-state index >= 15 is 0 Å². The number of hydrogen-bond acceptors (Lipinski definition) is 4. The topological polar surface area (TPSA) is 55.8 Å². The number of amides is 1. The van der Waals surface area contributed by atoms with Crippen molar-refractivity contribution >= 4 is 12.1 Å². The summed E-state index contributed by atoms with van der Waals surface area (Å²) < 4.78 is 10.2. The van der Waals surface area contributed by atoms with E-state index < -0.39 is 5.60 Å². The molecule has 0 aromatic rings. The molecule has 0 saturated carbocycles. The van der Waals surface area contributed by atoms with Gasteiger partial charge in [0.05, 0.1) is 13.0 Å². The molecule has 18 heavy (non-hydrogen) atoms. The lowest BCUT2D eigenvalue weighted by Gasteiger charge is -2.24. The van der Waals surface area contributed by atoms with Crippen LogP contribution in [-0.4, -0.2) is 42.3 Å². The fourth-order valence-electron chi connectivity index (χ4n) is 1.95. The SMILES string of the molecule is CCOC(=O)C[C@H]1CCN(C(=O)OC(C)(C)C)C1. The van der Waals surface area contributed by atoms with Crippen LogP contribution >= 0.6 is 0 Å². The zero-order valence-corrected chi connectivity index (χ0v) is 11.7. The molecule has 1 rings (SSSR count). The molecule has 0 unspecified atom stereocenters. The first-order valence-electron chi connectivity index (χ1n) is 6.45. The minimum absolute atomic E-state index is 0.187. The van der Waals surface area contributed by atoms with Crippen LogP contribution in [0.5, 0.6) is 0 Å². The molecule has 0 radical (unpaired) electrons. The summed E-state index contributed by atoms with van der Waals surface area (Å²) >= 11 is 0. The van der Waals surface area contributed by atoms with Crippen molar-refractivity contribution in [3.05, 3.63) is 0 Å². The standard InChI is InChI=1S/C13H23NO4/c1-5-17-11(15)8-10-6-7-14(9-10)12(16)18-13(2,3)4/h10H,5-9H2,1-4H3/t10-/m1/s1. The van der Waals surface area contributed by atoms with E-state index in [-0.39, 0.29) is 18.0 Å². The third kappa shape index (κ3) is 4.94. The van der Waals surface area contributed by atoms with Crippen LogP contribution in [-0.2, 0) is 14.3 Å². The summed E-state index contributed by atoms with van der Waals surface area (Å²) in [4.78, 5) is 24.8. The van der Waals surface area contributed by atoms with Crippen molar-refractivity contribution in [1.82, 2.24) is 4.90 Å². The molecule has 104 valence electrons. The summed E-state index contributed by atoms with van der Waals surface area (Å²) in [6.07, 6.45) is 0.916. The summed E-state index contributed by atoms with van der Waals surface area (Å²) in [7, 11) is 0. The van der Waals surface area contributed by atoms with Gasteiger partial charge in [-0.05, 0) is 40.0 Å². The summed E-state index contributed by atoms with van der Waals surface area (Å²) in [6.45, 7) is 8.96. The Morgan fingerprint density at radius 1 is 1.33 bits per heavy atom. The van der Waals surface area contributed by atoms with Crippen LogP contribution in [0.25, 0.3) is 0 Å². The summed E-state index contributed by atoms with van der Waals surface area (Å²) in [5.41, 5.74) is -0.476. The van der Waals surface area contributed by atoms with Gasteiger partial charge in [-0.1, -0.05) is 0 Å². The van der Waals surface area contributed by atoms with Gasteiger partial charge in [0, 0.05) is 13.1 Å². The number of hydrogen-bond donors (Lipinski definition) is 0. The highest BCUT2D eigenvalue weighted by Gasteiger charge is 2.30. The fraction of sp³-hybridized carbons (Fsp3) is 0.846. The van der Waals surface area contributed by atoms with Crippen LogP contribution in [0.1, 0.15) is 40.5 Å². The van der Waals surface area contributed by atoms with Crippen LogP contribution in [0, 0.1) is 5.92 Å². The Kier molecular flexibility index (Phi) is 4.99. The van der Waals surface area contributed by atoms with Gasteiger partial charge in [-0.15, -0.1) is 0 Å². The molecule has 1 aliphatic rings. The smallest absolute Gasteiger partial charge is 0.410 e. The first kappa shape index (κ1) is 14.8. The summed E-state index contributed by atoms with van der Waals surface area (Å²) in [5, 5.41) is 0. The normalized spacial score (nSPS) is 19.8. The Hall–Kier alpha value is -1.26. The van der Waals surface area contributed by atoms with Crippen LogP contribution in [0.3, 0.4) is 0 Å². The van der Waals surface area contributed by atoms with Crippen LogP contribution in [0.4, 0.5) is 4.79 Å². The van der Waals surface area contributed by atoms with E-state index in [1.807, 2.05) is 20.8 Å². The molecule has 1 aliphatic heterocycles. The van der Waals surface area contributed by atoms with Gasteiger partial charge in [0.25, 0.3) is 0 Å². The van der Waals surface area contributed by atoms with Crippen LogP contribution in [0.15, 0.2) is 0 Å². The largest absolute Gasteiger partial charge is 0.466 e. The minimum atomic E-state index is -0.476. The van der Waals surface area contributed by atoms with Gasteiger partial charge in [0.15, 0.2) is 0 Å². The number of carbonyl (C=O) groups excluding carboxylic acids is 2. The first-order valence-corrected chi connectivity index (χ1v) is 6.45. The number of esters is 1. The predicted octanol–water partition coefficient (Wildman–Crippen LogP) is 2.20. The van der Waals surface area contributed by atoms with Crippen molar-refractivity contribution in [2.75, 3.05) is 19.7 Å². The molecule has 0 N–H and O–H groups in total. The highest BCUT2D eigenvalue weighted by Crippen LogP contribution is 2.22. The molecule has 0 spiro atoms. The van der Waals surface area contributed by atoms with Gasteiger partial charge in [-0.2, -0.15) is 0 Å². The highest BCUT2D eigenvalue weighted by atomic mass is 16.6. The van der Waals surface area contributed by atoms with Gasteiger partial charge in [-0.3, -0.25) is 4.79 Å². The number of likely N-dealkylation sites (tertiary alicyclic amines) is 1. The van der Waals surface area contributed by atoms with E-state index in [9.17, 15) is 9.59 Å². The second-order valence-electron chi connectivity index (χ2n) is 5.59. The van der Waals surface area contributed by atoms with Gasteiger partial charge < -0.3 is 14.4 Å². The Balaban J connectivity index is 2.37. The Labute approximate surface area is 108 Å². The summed E-state index contributed by atoms with van der Waals surface area (Å²) in [6, 6.07) is 0. The number of nitrogens with zero attached hydrogens (tertiary/aromatic N) is 1. The van der Waals surface area contributed by atoms with E-state index in [1.165, 1.54) is 0 Å². The molecular weight excluding hydrogens is 234 g/mol. The maximum absolute atomic E-state index is 11.8. The molecule has 1 atom stereocenters. The van der Waals surface area contributed by atoms with E-state index in [2.05, 4.69) is 0 Å². The number of carbonyl (C=O) groups is 2. The molecule has 5 nitrogen and oxygen atoms in total. The monoisotopic (exact) mass is 257 g/mol. The van der Waals surface area contributed by atoms with Crippen molar-refractivity contribution in [3.63, 3.8) is 0 Å². The molecule has 1 fully saturated rings. The van der Waals surface area contributed by atoms with Crippen molar-refractivity contribution in [3.8, 4) is 0 Å². The molecule has 0 aromatic heterocycles. The quantitative estimate of drug-likeness (QED) is 0.727. The highest BCUT2D eigenvalue weighted by molar-refractivity contribution is 5.71. The Bertz CT molecular complexity index is 309. The molecule has 0 bridgehead atoms. The van der Waals surface area contributed by atoms with Crippen LogP contribution < -0.4 is 0 Å². The lowest BCUT2D eigenvalue weighted by atomic mass is 10.1. The van der Waals surface area contributed by atoms with Crippen LogP contribution in [0.2, 0.25) is 0 Å². The molecule has 1 saturated heterocycles. The van der Waals surface area contributed by atoms with Crippen molar-refractivity contribution in [2.45, 2.75) is 46.1 Å². The zero-order valence-electron chi connectivity index (χ0n) is 11.7.